The molecule has 0 spiro atoms. The number of hydrogen-bond donors (Lipinski definition) is 3. The minimum absolute atomic E-state index is 0.492. The molecule has 6 nitrogen and oxygen atoms in total. The van der Waals surface area contributed by atoms with Crippen molar-refractivity contribution in [2.24, 2.45) is 0 Å². The molecule has 0 aliphatic heterocycles. The van der Waals surface area contributed by atoms with E-state index >= 15 is 0 Å². The Kier molecular flexibility index (Phi) is 4.78. The number of benzene rings is 2. The van der Waals surface area contributed by atoms with Crippen LogP contribution in [0.3, 0.4) is 0 Å². The van der Waals surface area contributed by atoms with E-state index in [0.29, 0.717) is 17.3 Å². The summed E-state index contributed by atoms with van der Waals surface area (Å²) in [6.07, 6.45) is 4.18. The van der Waals surface area contributed by atoms with Gasteiger partial charge in [0.2, 0.25) is 0 Å². The van der Waals surface area contributed by atoms with Crippen LogP contribution in [0.2, 0.25) is 0 Å². The van der Waals surface area contributed by atoms with Crippen molar-refractivity contribution in [3.63, 3.8) is 0 Å². The molecule has 2 aromatic heterocycles. The van der Waals surface area contributed by atoms with Gasteiger partial charge in [-0.05, 0) is 36.2 Å². The van der Waals surface area contributed by atoms with Crippen LogP contribution in [-0.2, 0) is 6.42 Å². The first-order chi connectivity index (χ1) is 13.3. The maximum absolute atomic E-state index is 6.29. The SMILES string of the molecule is Nc1c(NCCc2ccccc2)ncnc1Nc1cccc2ncccc12. The van der Waals surface area contributed by atoms with Gasteiger partial charge in [0, 0.05) is 23.8 Å². The molecule has 4 aromatic rings. The molecule has 0 radical (unpaired) electrons. The van der Waals surface area contributed by atoms with Gasteiger partial charge in [0.25, 0.3) is 0 Å². The number of hydrogen-bond acceptors (Lipinski definition) is 6. The molecule has 4 N–H and O–H groups in total. The summed E-state index contributed by atoms with van der Waals surface area (Å²) < 4.78 is 0. The zero-order valence-corrected chi connectivity index (χ0v) is 14.8. The summed E-state index contributed by atoms with van der Waals surface area (Å²) in [6, 6.07) is 20.1. The van der Waals surface area contributed by atoms with Gasteiger partial charge in [-0.3, -0.25) is 4.98 Å². The second-order valence-corrected chi connectivity index (χ2v) is 6.15. The summed E-state index contributed by atoms with van der Waals surface area (Å²) in [5, 5.41) is 7.61. The summed E-state index contributed by atoms with van der Waals surface area (Å²) in [4.78, 5) is 13.0. The Hall–Kier alpha value is -3.67. The average molecular weight is 356 g/mol. The van der Waals surface area contributed by atoms with Crippen molar-refractivity contribution in [3.05, 3.63) is 78.8 Å². The summed E-state index contributed by atoms with van der Waals surface area (Å²) in [5.74, 6) is 1.20. The van der Waals surface area contributed by atoms with Crippen LogP contribution in [0.4, 0.5) is 23.0 Å². The molecule has 2 heterocycles. The van der Waals surface area contributed by atoms with E-state index in [2.05, 4.69) is 37.7 Å². The van der Waals surface area contributed by atoms with Gasteiger partial charge in [-0.15, -0.1) is 0 Å². The minimum atomic E-state index is 0.492. The zero-order valence-electron chi connectivity index (χ0n) is 14.8. The van der Waals surface area contributed by atoms with Crippen molar-refractivity contribution >= 4 is 33.9 Å². The Morgan fingerprint density at radius 1 is 0.815 bits per heavy atom. The maximum Gasteiger partial charge on any atom is 0.159 e. The van der Waals surface area contributed by atoms with Gasteiger partial charge in [0.1, 0.15) is 12.0 Å². The van der Waals surface area contributed by atoms with Crippen molar-refractivity contribution in [3.8, 4) is 0 Å². The number of nitrogens with two attached hydrogens (primary N) is 1. The van der Waals surface area contributed by atoms with Crippen molar-refractivity contribution in [2.45, 2.75) is 6.42 Å². The van der Waals surface area contributed by atoms with Crippen LogP contribution in [0.15, 0.2) is 73.2 Å². The summed E-state index contributed by atoms with van der Waals surface area (Å²) in [5.41, 5.74) is 9.86. The lowest BCUT2D eigenvalue weighted by Gasteiger charge is -2.13. The smallest absolute Gasteiger partial charge is 0.159 e. The number of nitrogen functional groups attached to an aromatic ring is 1. The van der Waals surface area contributed by atoms with Crippen LogP contribution in [0, 0.1) is 0 Å². The number of pyridine rings is 1. The predicted molar refractivity (Wildman–Crippen MR) is 110 cm³/mol. The fraction of sp³-hybridized carbons (Fsp3) is 0.0952. The maximum atomic E-state index is 6.29. The van der Waals surface area contributed by atoms with Crippen molar-refractivity contribution < 1.29 is 0 Å². The molecule has 0 fully saturated rings. The van der Waals surface area contributed by atoms with Gasteiger partial charge in [-0.25, -0.2) is 9.97 Å². The Morgan fingerprint density at radius 2 is 1.67 bits per heavy atom. The van der Waals surface area contributed by atoms with Crippen molar-refractivity contribution in [1.82, 2.24) is 15.0 Å². The molecular weight excluding hydrogens is 336 g/mol. The van der Waals surface area contributed by atoms with Crippen molar-refractivity contribution in [2.75, 3.05) is 22.9 Å². The third kappa shape index (κ3) is 3.79. The second kappa shape index (κ2) is 7.70. The third-order valence-corrected chi connectivity index (χ3v) is 4.33. The quantitative estimate of drug-likeness (QED) is 0.484. The van der Waals surface area contributed by atoms with Crippen LogP contribution in [0.25, 0.3) is 10.9 Å². The van der Waals surface area contributed by atoms with Crippen LogP contribution in [-0.4, -0.2) is 21.5 Å². The van der Waals surface area contributed by atoms with Gasteiger partial charge < -0.3 is 16.4 Å². The third-order valence-electron chi connectivity index (χ3n) is 4.33. The Morgan fingerprint density at radius 3 is 2.56 bits per heavy atom. The lowest BCUT2D eigenvalue weighted by atomic mass is 10.1. The normalized spacial score (nSPS) is 10.7. The molecule has 0 saturated carbocycles. The predicted octanol–water partition coefficient (Wildman–Crippen LogP) is 4.01. The number of nitrogens with one attached hydrogen (secondary N) is 2. The number of rotatable bonds is 6. The molecule has 0 unspecified atom stereocenters. The van der Waals surface area contributed by atoms with E-state index in [4.69, 9.17) is 5.73 Å². The van der Waals surface area contributed by atoms with Gasteiger partial charge in [-0.1, -0.05) is 36.4 Å². The molecule has 0 bridgehead atoms. The summed E-state index contributed by atoms with van der Waals surface area (Å²) in [7, 11) is 0. The largest absolute Gasteiger partial charge is 0.393 e. The summed E-state index contributed by atoms with van der Waals surface area (Å²) in [6.45, 7) is 0.739. The van der Waals surface area contributed by atoms with E-state index in [1.807, 2.05) is 48.5 Å². The highest BCUT2D eigenvalue weighted by Gasteiger charge is 2.10. The average Bonchev–Trinajstić information content (AvgIpc) is 2.72. The van der Waals surface area contributed by atoms with Gasteiger partial charge >= 0.3 is 0 Å². The van der Waals surface area contributed by atoms with Gasteiger partial charge in [-0.2, -0.15) is 0 Å². The van der Waals surface area contributed by atoms with E-state index < -0.39 is 0 Å². The second-order valence-electron chi connectivity index (χ2n) is 6.15. The molecule has 0 saturated heterocycles. The van der Waals surface area contributed by atoms with E-state index in [1.54, 1.807) is 6.20 Å². The van der Waals surface area contributed by atoms with Gasteiger partial charge in [0.05, 0.1) is 5.52 Å². The molecule has 2 aromatic carbocycles. The van der Waals surface area contributed by atoms with Crippen LogP contribution < -0.4 is 16.4 Å². The number of aromatic nitrogens is 3. The van der Waals surface area contributed by atoms with E-state index in [0.717, 1.165) is 29.6 Å². The molecule has 6 heteroatoms. The molecular formula is C21H20N6. The number of fused-ring (bicyclic) bond motifs is 1. The highest BCUT2D eigenvalue weighted by molar-refractivity contribution is 5.94. The Bertz CT molecular complexity index is 1040. The molecule has 4 rings (SSSR count). The first-order valence-corrected chi connectivity index (χ1v) is 8.80. The zero-order chi connectivity index (χ0) is 18.5. The first kappa shape index (κ1) is 16.8. The fourth-order valence-electron chi connectivity index (χ4n) is 2.95. The highest BCUT2D eigenvalue weighted by atomic mass is 15.1. The summed E-state index contributed by atoms with van der Waals surface area (Å²) >= 11 is 0. The Balaban J connectivity index is 1.51. The van der Waals surface area contributed by atoms with Gasteiger partial charge in [0.15, 0.2) is 11.6 Å². The lowest BCUT2D eigenvalue weighted by Crippen LogP contribution is -2.10. The minimum Gasteiger partial charge on any atom is -0.393 e. The number of nitrogens with zero attached hydrogens (tertiary/aromatic N) is 3. The van der Waals surface area contributed by atoms with E-state index in [1.165, 1.54) is 11.9 Å². The fourth-order valence-corrected chi connectivity index (χ4v) is 2.95. The van der Waals surface area contributed by atoms with E-state index in [9.17, 15) is 0 Å². The first-order valence-electron chi connectivity index (χ1n) is 8.80. The van der Waals surface area contributed by atoms with E-state index in [-0.39, 0.29) is 0 Å². The monoisotopic (exact) mass is 356 g/mol. The molecule has 134 valence electrons. The standard InChI is InChI=1S/C21H20N6/c22-19-20(24-13-11-15-6-2-1-3-7-15)25-14-26-21(19)27-18-10-4-9-17-16(18)8-5-12-23-17/h1-10,12,14H,11,13,22H2,(H2,24,25,26,27). The highest BCUT2D eigenvalue weighted by Crippen LogP contribution is 2.29. The van der Waals surface area contributed by atoms with Crippen LogP contribution in [0.1, 0.15) is 5.56 Å². The van der Waals surface area contributed by atoms with Crippen LogP contribution in [0.5, 0.6) is 0 Å². The van der Waals surface area contributed by atoms with Crippen LogP contribution >= 0.6 is 0 Å². The number of anilines is 4. The molecule has 27 heavy (non-hydrogen) atoms. The molecule has 0 aliphatic carbocycles. The van der Waals surface area contributed by atoms with Crippen molar-refractivity contribution in [1.29, 1.82) is 0 Å². The lowest BCUT2D eigenvalue weighted by molar-refractivity contribution is 1.00. The topological polar surface area (TPSA) is 88.8 Å². The Labute approximate surface area is 157 Å². The molecule has 0 aliphatic rings. The molecule has 0 atom stereocenters. The molecule has 0 amide bonds.